The minimum atomic E-state index is -0.123. The summed E-state index contributed by atoms with van der Waals surface area (Å²) in [6, 6.07) is 6.93. The molecule has 7 nitrogen and oxygen atoms in total. The van der Waals surface area contributed by atoms with Crippen molar-refractivity contribution in [3.05, 3.63) is 46.1 Å². The van der Waals surface area contributed by atoms with Gasteiger partial charge in [0.15, 0.2) is 16.6 Å². The number of aromatic nitrogens is 4. The largest absolute Gasteiger partial charge is 0.325 e. The smallest absolute Gasteiger partial charge is 0.234 e. The summed E-state index contributed by atoms with van der Waals surface area (Å²) >= 11 is 3.21. The number of carbonyl (C=O) groups is 2. The SMILES string of the molecule is CC(=O)c1ccc(NC(=O)CSc2nnc3c4c5c(sc4nc(C4CC4)n23)CCCC5)cc1. The van der Waals surface area contributed by atoms with Gasteiger partial charge >= 0.3 is 0 Å². The van der Waals surface area contributed by atoms with Crippen LogP contribution in [0, 0.1) is 0 Å². The summed E-state index contributed by atoms with van der Waals surface area (Å²) in [6.07, 6.45) is 6.93. The van der Waals surface area contributed by atoms with Gasteiger partial charge < -0.3 is 5.32 Å². The van der Waals surface area contributed by atoms with Gasteiger partial charge in [-0.25, -0.2) is 4.98 Å². The van der Waals surface area contributed by atoms with Crippen LogP contribution in [0.1, 0.15) is 65.1 Å². The van der Waals surface area contributed by atoms with Gasteiger partial charge in [0, 0.05) is 22.0 Å². The molecule has 2 aliphatic rings. The zero-order chi connectivity index (χ0) is 22.5. The predicted octanol–water partition coefficient (Wildman–Crippen LogP) is 5.03. The van der Waals surface area contributed by atoms with Crippen molar-refractivity contribution in [3.8, 4) is 0 Å². The van der Waals surface area contributed by atoms with Gasteiger partial charge in [-0.05, 0) is 75.3 Å². The van der Waals surface area contributed by atoms with Gasteiger partial charge in [0.2, 0.25) is 5.91 Å². The summed E-state index contributed by atoms with van der Waals surface area (Å²) < 4.78 is 2.10. The lowest BCUT2D eigenvalue weighted by atomic mass is 9.97. The van der Waals surface area contributed by atoms with Crippen LogP contribution in [-0.4, -0.2) is 37.0 Å². The Balaban J connectivity index is 1.28. The second-order valence-electron chi connectivity index (χ2n) is 8.75. The molecule has 1 amide bonds. The van der Waals surface area contributed by atoms with Gasteiger partial charge in [0.25, 0.3) is 0 Å². The molecule has 2 aliphatic carbocycles. The van der Waals surface area contributed by atoms with Crippen LogP contribution in [0.4, 0.5) is 5.69 Å². The molecule has 1 saturated carbocycles. The molecule has 0 aliphatic heterocycles. The first-order chi connectivity index (χ1) is 16.1. The summed E-state index contributed by atoms with van der Waals surface area (Å²) in [6.45, 7) is 1.53. The number of rotatable bonds is 6. The van der Waals surface area contributed by atoms with Crippen molar-refractivity contribution in [2.45, 2.75) is 56.5 Å². The molecule has 0 bridgehead atoms. The molecule has 1 N–H and O–H groups in total. The number of ketones is 1. The van der Waals surface area contributed by atoms with Gasteiger partial charge in [-0.2, -0.15) is 0 Å². The maximum Gasteiger partial charge on any atom is 0.234 e. The fourth-order valence-electron chi connectivity index (χ4n) is 4.48. The topological polar surface area (TPSA) is 89.2 Å². The number of amides is 1. The Labute approximate surface area is 199 Å². The van der Waals surface area contributed by atoms with Crippen molar-refractivity contribution in [1.29, 1.82) is 0 Å². The van der Waals surface area contributed by atoms with E-state index in [2.05, 4.69) is 19.9 Å². The molecule has 4 aromatic rings. The van der Waals surface area contributed by atoms with Crippen LogP contribution in [0.2, 0.25) is 0 Å². The fourth-order valence-corrected chi connectivity index (χ4v) is 6.48. The summed E-state index contributed by atoms with van der Waals surface area (Å²) in [5.41, 5.74) is 3.59. The van der Waals surface area contributed by atoms with Crippen LogP contribution >= 0.6 is 23.1 Å². The number of aryl methyl sites for hydroxylation is 2. The van der Waals surface area contributed by atoms with E-state index in [1.54, 1.807) is 24.3 Å². The molecule has 1 fully saturated rings. The highest BCUT2D eigenvalue weighted by Crippen LogP contribution is 2.44. The fraction of sp³-hybridized carbons (Fsp3) is 0.375. The van der Waals surface area contributed by atoms with Gasteiger partial charge in [-0.1, -0.05) is 11.8 Å². The maximum absolute atomic E-state index is 12.6. The average Bonchev–Trinajstić information content (AvgIpc) is 3.47. The number of hydrogen-bond acceptors (Lipinski definition) is 7. The highest BCUT2D eigenvalue weighted by atomic mass is 32.2. The number of fused-ring (bicyclic) bond motifs is 5. The second kappa shape index (κ2) is 8.22. The number of nitrogens with zero attached hydrogens (tertiary/aromatic N) is 4. The van der Waals surface area contributed by atoms with Crippen molar-refractivity contribution in [1.82, 2.24) is 19.6 Å². The summed E-state index contributed by atoms with van der Waals surface area (Å²) in [4.78, 5) is 31.6. The minimum absolute atomic E-state index is 0.00295. The summed E-state index contributed by atoms with van der Waals surface area (Å²) in [7, 11) is 0. The first kappa shape index (κ1) is 20.8. The molecular weight excluding hydrogens is 454 g/mol. The molecule has 3 heterocycles. The zero-order valence-corrected chi connectivity index (χ0v) is 19.9. The number of benzene rings is 1. The quantitative estimate of drug-likeness (QED) is 0.310. The third kappa shape index (κ3) is 3.83. The van der Waals surface area contributed by atoms with E-state index in [1.165, 1.54) is 42.0 Å². The molecule has 6 rings (SSSR count). The Morgan fingerprint density at radius 1 is 1.15 bits per heavy atom. The normalized spacial score (nSPS) is 15.7. The lowest BCUT2D eigenvalue weighted by Crippen LogP contribution is -2.14. The van der Waals surface area contributed by atoms with E-state index in [1.807, 2.05) is 11.3 Å². The van der Waals surface area contributed by atoms with Crippen molar-refractivity contribution >= 4 is 56.3 Å². The number of anilines is 1. The van der Waals surface area contributed by atoms with Gasteiger partial charge in [-0.3, -0.25) is 14.0 Å². The Bertz CT molecular complexity index is 1400. The van der Waals surface area contributed by atoms with Crippen LogP contribution in [0.25, 0.3) is 15.9 Å². The van der Waals surface area contributed by atoms with E-state index >= 15 is 0 Å². The molecule has 3 aromatic heterocycles. The number of thiophene rings is 1. The van der Waals surface area contributed by atoms with E-state index in [0.717, 1.165) is 52.5 Å². The van der Waals surface area contributed by atoms with Crippen LogP contribution in [0.3, 0.4) is 0 Å². The Kier molecular flexibility index (Phi) is 5.18. The second-order valence-corrected chi connectivity index (χ2v) is 10.8. The Morgan fingerprint density at radius 2 is 1.94 bits per heavy atom. The molecule has 0 spiro atoms. The Hall–Kier alpha value is -2.78. The highest BCUT2D eigenvalue weighted by Gasteiger charge is 2.32. The number of carbonyl (C=O) groups excluding carboxylic acids is 2. The third-order valence-electron chi connectivity index (χ3n) is 6.30. The van der Waals surface area contributed by atoms with Gasteiger partial charge in [0.1, 0.15) is 10.7 Å². The number of hydrogen-bond donors (Lipinski definition) is 1. The molecule has 168 valence electrons. The van der Waals surface area contributed by atoms with E-state index < -0.39 is 0 Å². The molecule has 9 heteroatoms. The van der Waals surface area contributed by atoms with Crippen LogP contribution < -0.4 is 5.32 Å². The highest BCUT2D eigenvalue weighted by molar-refractivity contribution is 7.99. The zero-order valence-electron chi connectivity index (χ0n) is 18.3. The first-order valence-corrected chi connectivity index (χ1v) is 13.1. The molecule has 0 radical (unpaired) electrons. The van der Waals surface area contributed by atoms with Crippen LogP contribution in [0.15, 0.2) is 29.4 Å². The molecule has 1 aromatic carbocycles. The van der Waals surface area contributed by atoms with Crippen LogP contribution in [0.5, 0.6) is 0 Å². The van der Waals surface area contributed by atoms with Crippen molar-refractivity contribution in [3.63, 3.8) is 0 Å². The summed E-state index contributed by atoms with van der Waals surface area (Å²) in [5.74, 6) is 1.58. The number of thioether (sulfide) groups is 1. The predicted molar refractivity (Wildman–Crippen MR) is 131 cm³/mol. The molecule has 0 saturated heterocycles. The van der Waals surface area contributed by atoms with Gasteiger partial charge in [0.05, 0.1) is 11.1 Å². The first-order valence-electron chi connectivity index (χ1n) is 11.3. The molecular formula is C24H23N5O2S2. The van der Waals surface area contributed by atoms with E-state index in [0.29, 0.717) is 17.2 Å². The Morgan fingerprint density at radius 3 is 2.70 bits per heavy atom. The van der Waals surface area contributed by atoms with Crippen molar-refractivity contribution < 1.29 is 9.59 Å². The van der Waals surface area contributed by atoms with E-state index in [4.69, 9.17) is 4.98 Å². The minimum Gasteiger partial charge on any atom is -0.325 e. The molecule has 0 atom stereocenters. The lowest BCUT2D eigenvalue weighted by Gasteiger charge is -2.11. The third-order valence-corrected chi connectivity index (χ3v) is 8.42. The van der Waals surface area contributed by atoms with Gasteiger partial charge in [-0.15, -0.1) is 21.5 Å². The average molecular weight is 478 g/mol. The lowest BCUT2D eigenvalue weighted by molar-refractivity contribution is -0.113. The number of nitrogens with one attached hydrogen (secondary N) is 1. The maximum atomic E-state index is 12.6. The van der Waals surface area contributed by atoms with E-state index in [-0.39, 0.29) is 17.4 Å². The van der Waals surface area contributed by atoms with E-state index in [9.17, 15) is 9.59 Å². The van der Waals surface area contributed by atoms with Crippen molar-refractivity contribution in [2.75, 3.05) is 11.1 Å². The number of Topliss-reactive ketones (excluding diaryl/α,β-unsaturated/α-hetero) is 1. The molecule has 33 heavy (non-hydrogen) atoms. The molecule has 0 unspecified atom stereocenters. The monoisotopic (exact) mass is 477 g/mol. The van der Waals surface area contributed by atoms with Crippen LogP contribution in [-0.2, 0) is 17.6 Å². The summed E-state index contributed by atoms with van der Waals surface area (Å²) in [5, 5.41) is 13.8. The van der Waals surface area contributed by atoms with Crippen molar-refractivity contribution in [2.24, 2.45) is 0 Å². The standard InChI is InChI=1S/C24H23N5O2S2/c1-13(30)14-8-10-16(11-9-14)25-19(31)12-32-24-28-27-22-20-17-4-2-3-5-18(17)33-23(20)26-21(29(22)24)15-6-7-15/h8-11,15H,2-7,12H2,1H3,(H,25,31).